The third-order valence-corrected chi connectivity index (χ3v) is 4.02. The van der Waals surface area contributed by atoms with Crippen LogP contribution in [0.3, 0.4) is 0 Å². The summed E-state index contributed by atoms with van der Waals surface area (Å²) in [5, 5.41) is 6.05. The van der Waals surface area contributed by atoms with E-state index in [-0.39, 0.29) is 6.04 Å². The van der Waals surface area contributed by atoms with Crippen molar-refractivity contribution in [3.63, 3.8) is 0 Å². The lowest BCUT2D eigenvalue weighted by Crippen LogP contribution is -2.20. The van der Waals surface area contributed by atoms with Crippen molar-refractivity contribution in [2.45, 2.75) is 13.0 Å². The van der Waals surface area contributed by atoms with E-state index < -0.39 is 0 Å². The SMILES string of the molecule is CC1N=C(c2ccccc2)Nc2c1ccc1ccccc21. The molecular formula is C19H16N2. The van der Waals surface area contributed by atoms with Gasteiger partial charge in [0.15, 0.2) is 0 Å². The van der Waals surface area contributed by atoms with Gasteiger partial charge in [0.2, 0.25) is 0 Å². The summed E-state index contributed by atoms with van der Waals surface area (Å²) in [6, 6.07) is 23.3. The summed E-state index contributed by atoms with van der Waals surface area (Å²) in [6.45, 7) is 2.15. The van der Waals surface area contributed by atoms with Crippen LogP contribution < -0.4 is 5.32 Å². The van der Waals surface area contributed by atoms with Crippen LogP contribution in [0.25, 0.3) is 10.8 Å². The van der Waals surface area contributed by atoms with Crippen LogP contribution in [0.4, 0.5) is 5.69 Å². The first-order valence-corrected chi connectivity index (χ1v) is 7.25. The molecule has 1 aliphatic heterocycles. The molecule has 1 atom stereocenters. The molecule has 102 valence electrons. The summed E-state index contributed by atoms with van der Waals surface area (Å²) in [6.07, 6.45) is 0. The molecule has 2 nitrogen and oxygen atoms in total. The van der Waals surface area contributed by atoms with Crippen LogP contribution in [0, 0.1) is 0 Å². The van der Waals surface area contributed by atoms with Crippen LogP contribution >= 0.6 is 0 Å². The Morgan fingerprint density at radius 2 is 1.62 bits per heavy atom. The number of aliphatic imine (C=N–C) groups is 1. The molecule has 0 aromatic heterocycles. The van der Waals surface area contributed by atoms with E-state index in [9.17, 15) is 0 Å². The molecule has 0 spiro atoms. The van der Waals surface area contributed by atoms with Crippen LogP contribution in [0.2, 0.25) is 0 Å². The van der Waals surface area contributed by atoms with Gasteiger partial charge in [-0.25, -0.2) is 0 Å². The lowest BCUT2D eigenvalue weighted by atomic mass is 9.97. The summed E-state index contributed by atoms with van der Waals surface area (Å²) in [7, 11) is 0. The van der Waals surface area contributed by atoms with E-state index in [2.05, 4.69) is 60.8 Å². The molecule has 3 aromatic rings. The molecule has 1 N–H and O–H groups in total. The molecule has 0 amide bonds. The quantitative estimate of drug-likeness (QED) is 0.677. The Morgan fingerprint density at radius 1 is 0.857 bits per heavy atom. The summed E-state index contributed by atoms with van der Waals surface area (Å²) >= 11 is 0. The Hall–Kier alpha value is -2.61. The first kappa shape index (κ1) is 12.2. The molecular weight excluding hydrogens is 256 g/mol. The normalized spacial score (nSPS) is 17.0. The van der Waals surface area contributed by atoms with Gasteiger partial charge in [-0.2, -0.15) is 0 Å². The molecule has 1 aliphatic rings. The van der Waals surface area contributed by atoms with Crippen LogP contribution in [-0.2, 0) is 0 Å². The fraction of sp³-hybridized carbons (Fsp3) is 0.105. The highest BCUT2D eigenvalue weighted by Gasteiger charge is 2.20. The number of hydrogen-bond acceptors (Lipinski definition) is 2. The molecule has 0 aliphatic carbocycles. The van der Waals surface area contributed by atoms with Crippen molar-refractivity contribution in [2.24, 2.45) is 4.99 Å². The second kappa shape index (κ2) is 4.74. The Morgan fingerprint density at radius 3 is 2.48 bits per heavy atom. The summed E-state index contributed by atoms with van der Waals surface area (Å²) in [5.41, 5.74) is 3.57. The van der Waals surface area contributed by atoms with E-state index in [0.29, 0.717) is 0 Å². The van der Waals surface area contributed by atoms with E-state index in [1.807, 2.05) is 18.2 Å². The van der Waals surface area contributed by atoms with Gasteiger partial charge in [-0.1, -0.05) is 66.7 Å². The average molecular weight is 272 g/mol. The van der Waals surface area contributed by atoms with Crippen LogP contribution in [0.15, 0.2) is 71.7 Å². The highest BCUT2D eigenvalue weighted by atomic mass is 15.0. The molecule has 0 saturated heterocycles. The summed E-state index contributed by atoms with van der Waals surface area (Å²) < 4.78 is 0. The fourth-order valence-corrected chi connectivity index (χ4v) is 2.93. The molecule has 1 unspecified atom stereocenters. The van der Waals surface area contributed by atoms with Gasteiger partial charge in [0, 0.05) is 16.5 Å². The molecule has 0 radical (unpaired) electrons. The minimum atomic E-state index is 0.168. The first-order valence-electron chi connectivity index (χ1n) is 7.25. The number of rotatable bonds is 1. The van der Waals surface area contributed by atoms with Crippen molar-refractivity contribution in [1.29, 1.82) is 0 Å². The number of amidine groups is 1. The summed E-state index contributed by atoms with van der Waals surface area (Å²) in [4.78, 5) is 4.81. The van der Waals surface area contributed by atoms with Gasteiger partial charge in [-0.05, 0) is 12.3 Å². The van der Waals surface area contributed by atoms with E-state index >= 15 is 0 Å². The van der Waals surface area contributed by atoms with Gasteiger partial charge < -0.3 is 5.32 Å². The first-order chi connectivity index (χ1) is 10.3. The van der Waals surface area contributed by atoms with Crippen LogP contribution in [0.1, 0.15) is 24.1 Å². The second-order valence-corrected chi connectivity index (χ2v) is 5.40. The van der Waals surface area contributed by atoms with Crippen molar-refractivity contribution in [2.75, 3.05) is 5.32 Å². The molecule has 0 bridgehead atoms. The minimum absolute atomic E-state index is 0.168. The molecule has 2 heteroatoms. The van der Waals surface area contributed by atoms with Gasteiger partial charge in [0.05, 0.1) is 11.7 Å². The van der Waals surface area contributed by atoms with Gasteiger partial charge in [0.25, 0.3) is 0 Å². The smallest absolute Gasteiger partial charge is 0.133 e. The third kappa shape index (κ3) is 2.00. The number of hydrogen-bond donors (Lipinski definition) is 1. The fourth-order valence-electron chi connectivity index (χ4n) is 2.93. The van der Waals surface area contributed by atoms with Gasteiger partial charge in [-0.3, -0.25) is 4.99 Å². The number of nitrogens with one attached hydrogen (secondary N) is 1. The number of benzene rings is 3. The van der Waals surface area contributed by atoms with Gasteiger partial charge >= 0.3 is 0 Å². The topological polar surface area (TPSA) is 24.4 Å². The zero-order valence-electron chi connectivity index (χ0n) is 11.9. The predicted octanol–water partition coefficient (Wildman–Crippen LogP) is 4.77. The Labute approximate surface area is 124 Å². The minimum Gasteiger partial charge on any atom is -0.339 e. The maximum atomic E-state index is 4.81. The van der Waals surface area contributed by atoms with Gasteiger partial charge in [0.1, 0.15) is 5.84 Å². The second-order valence-electron chi connectivity index (χ2n) is 5.40. The molecule has 4 rings (SSSR count). The molecule has 0 fully saturated rings. The highest BCUT2D eigenvalue weighted by molar-refractivity contribution is 6.14. The highest BCUT2D eigenvalue weighted by Crippen LogP contribution is 2.36. The maximum absolute atomic E-state index is 4.81. The molecule has 0 saturated carbocycles. The van der Waals surface area contributed by atoms with Crippen molar-refractivity contribution in [3.05, 3.63) is 77.9 Å². The monoisotopic (exact) mass is 272 g/mol. The lowest BCUT2D eigenvalue weighted by molar-refractivity contribution is 0.814. The Kier molecular flexibility index (Phi) is 2.74. The van der Waals surface area contributed by atoms with Crippen molar-refractivity contribution in [3.8, 4) is 0 Å². The van der Waals surface area contributed by atoms with E-state index in [1.54, 1.807) is 0 Å². The number of anilines is 1. The maximum Gasteiger partial charge on any atom is 0.133 e. The summed E-state index contributed by atoms with van der Waals surface area (Å²) in [5.74, 6) is 0.951. The molecule has 1 heterocycles. The Bertz CT molecular complexity index is 835. The lowest BCUT2D eigenvalue weighted by Gasteiger charge is -2.24. The van der Waals surface area contributed by atoms with Crippen molar-refractivity contribution in [1.82, 2.24) is 0 Å². The van der Waals surface area contributed by atoms with E-state index in [1.165, 1.54) is 22.0 Å². The standard InChI is InChI=1S/C19H16N2/c1-13-16-12-11-14-7-5-6-10-17(14)18(16)21-19(20-13)15-8-3-2-4-9-15/h2-13H,1H3,(H,20,21). The van der Waals surface area contributed by atoms with Gasteiger partial charge in [-0.15, -0.1) is 0 Å². The van der Waals surface area contributed by atoms with Crippen molar-refractivity contribution >= 4 is 22.3 Å². The van der Waals surface area contributed by atoms with Crippen LogP contribution in [-0.4, -0.2) is 5.84 Å². The predicted molar refractivity (Wildman–Crippen MR) is 89.0 cm³/mol. The number of nitrogens with zero attached hydrogens (tertiary/aromatic N) is 1. The third-order valence-electron chi connectivity index (χ3n) is 4.02. The zero-order chi connectivity index (χ0) is 14.2. The average Bonchev–Trinajstić information content (AvgIpc) is 2.55. The largest absolute Gasteiger partial charge is 0.339 e. The molecule has 21 heavy (non-hydrogen) atoms. The number of fused-ring (bicyclic) bond motifs is 3. The molecule has 3 aromatic carbocycles. The van der Waals surface area contributed by atoms with Crippen LogP contribution in [0.5, 0.6) is 0 Å². The Balaban J connectivity index is 1.89. The van der Waals surface area contributed by atoms with Crippen molar-refractivity contribution < 1.29 is 0 Å². The van der Waals surface area contributed by atoms with E-state index in [0.717, 1.165) is 11.4 Å². The zero-order valence-corrected chi connectivity index (χ0v) is 11.9. The van der Waals surface area contributed by atoms with E-state index in [4.69, 9.17) is 4.99 Å².